The zero-order chi connectivity index (χ0) is 9.47. The van der Waals surface area contributed by atoms with Crippen molar-refractivity contribution in [2.24, 2.45) is 5.92 Å². The number of rotatable bonds is 3. The molecule has 0 aliphatic heterocycles. The Morgan fingerprint density at radius 2 is 2.31 bits per heavy atom. The lowest BCUT2D eigenvalue weighted by Gasteiger charge is -1.95. The van der Waals surface area contributed by atoms with Gasteiger partial charge in [-0.1, -0.05) is 0 Å². The summed E-state index contributed by atoms with van der Waals surface area (Å²) in [5, 5.41) is 3.76. The summed E-state index contributed by atoms with van der Waals surface area (Å²) in [7, 11) is -4.58. The van der Waals surface area contributed by atoms with Crippen molar-refractivity contribution in [1.82, 2.24) is 9.78 Å². The molecule has 0 atom stereocenters. The van der Waals surface area contributed by atoms with Crippen molar-refractivity contribution >= 4 is 10.2 Å². The monoisotopic (exact) mass is 204 g/mol. The zero-order valence-corrected chi connectivity index (χ0v) is 7.67. The van der Waals surface area contributed by atoms with E-state index in [9.17, 15) is 12.3 Å². The van der Waals surface area contributed by atoms with Crippen LogP contribution < -0.4 is 0 Å². The van der Waals surface area contributed by atoms with Crippen molar-refractivity contribution < 1.29 is 12.3 Å². The van der Waals surface area contributed by atoms with Crippen LogP contribution in [0.25, 0.3) is 0 Å². The molecular weight excluding hydrogens is 195 g/mol. The molecule has 2 rings (SSSR count). The standard InChI is InChI=1S/C7H9FN2O2S/c8-13(11,12)7-3-9-10(5-7)4-6-1-2-6/h3,5-6H,1-2,4H2. The summed E-state index contributed by atoms with van der Waals surface area (Å²) in [6.07, 6.45) is 4.57. The quantitative estimate of drug-likeness (QED) is 0.689. The highest BCUT2D eigenvalue weighted by atomic mass is 32.3. The van der Waals surface area contributed by atoms with Crippen LogP contribution in [0.1, 0.15) is 12.8 Å². The summed E-state index contributed by atoms with van der Waals surface area (Å²) in [4.78, 5) is -0.354. The lowest BCUT2D eigenvalue weighted by atomic mass is 10.4. The summed E-state index contributed by atoms with van der Waals surface area (Å²) >= 11 is 0. The smallest absolute Gasteiger partial charge is 0.271 e. The predicted molar refractivity (Wildman–Crippen MR) is 43.2 cm³/mol. The Kier molecular flexibility index (Phi) is 1.87. The summed E-state index contributed by atoms with van der Waals surface area (Å²) in [6, 6.07) is 0. The van der Waals surface area contributed by atoms with E-state index >= 15 is 0 Å². The number of hydrogen-bond donors (Lipinski definition) is 0. The number of hydrogen-bond acceptors (Lipinski definition) is 3. The van der Waals surface area contributed by atoms with Crippen LogP contribution in [0.4, 0.5) is 3.89 Å². The Labute approximate surface area is 75.6 Å². The van der Waals surface area contributed by atoms with Crippen LogP contribution >= 0.6 is 0 Å². The second-order valence-corrected chi connectivity index (χ2v) is 4.63. The second kappa shape index (κ2) is 2.80. The summed E-state index contributed by atoms with van der Waals surface area (Å²) in [5.41, 5.74) is 0. The molecule has 1 aliphatic carbocycles. The van der Waals surface area contributed by atoms with E-state index < -0.39 is 10.2 Å². The van der Waals surface area contributed by atoms with Gasteiger partial charge in [0.1, 0.15) is 4.90 Å². The van der Waals surface area contributed by atoms with Gasteiger partial charge < -0.3 is 0 Å². The van der Waals surface area contributed by atoms with Gasteiger partial charge in [-0.3, -0.25) is 4.68 Å². The van der Waals surface area contributed by atoms with E-state index in [4.69, 9.17) is 0 Å². The lowest BCUT2D eigenvalue weighted by molar-refractivity contribution is 0.548. The van der Waals surface area contributed by atoms with Gasteiger partial charge in [0.2, 0.25) is 0 Å². The van der Waals surface area contributed by atoms with Crippen LogP contribution in [0.3, 0.4) is 0 Å². The number of aromatic nitrogens is 2. The minimum Gasteiger partial charge on any atom is -0.271 e. The van der Waals surface area contributed by atoms with Crippen LogP contribution in [0.2, 0.25) is 0 Å². The van der Waals surface area contributed by atoms with Crippen molar-refractivity contribution in [2.75, 3.05) is 0 Å². The molecule has 13 heavy (non-hydrogen) atoms. The maximum atomic E-state index is 12.4. The summed E-state index contributed by atoms with van der Waals surface area (Å²) < 4.78 is 34.7. The molecule has 72 valence electrons. The van der Waals surface area contributed by atoms with Gasteiger partial charge in [-0.05, 0) is 18.8 Å². The third-order valence-corrected chi connectivity index (χ3v) is 2.81. The third-order valence-electron chi connectivity index (χ3n) is 2.03. The first-order chi connectivity index (χ1) is 6.05. The molecule has 0 radical (unpaired) electrons. The van der Waals surface area contributed by atoms with Crippen LogP contribution in [-0.4, -0.2) is 18.2 Å². The Morgan fingerprint density at radius 3 is 2.77 bits per heavy atom. The molecule has 0 bridgehead atoms. The van der Waals surface area contributed by atoms with Crippen LogP contribution in [0.5, 0.6) is 0 Å². The van der Waals surface area contributed by atoms with E-state index in [0.29, 0.717) is 12.5 Å². The fourth-order valence-electron chi connectivity index (χ4n) is 1.14. The molecule has 1 heterocycles. The predicted octanol–water partition coefficient (Wildman–Crippen LogP) is 0.951. The molecule has 4 nitrogen and oxygen atoms in total. The van der Waals surface area contributed by atoms with E-state index in [0.717, 1.165) is 19.0 Å². The lowest BCUT2D eigenvalue weighted by Crippen LogP contribution is -1.99. The molecular formula is C7H9FN2O2S. The van der Waals surface area contributed by atoms with Crippen molar-refractivity contribution in [3.8, 4) is 0 Å². The molecule has 0 aromatic carbocycles. The summed E-state index contributed by atoms with van der Waals surface area (Å²) in [6.45, 7) is 0.690. The van der Waals surface area contributed by atoms with Gasteiger partial charge in [-0.15, -0.1) is 3.89 Å². The molecule has 1 saturated carbocycles. The SMILES string of the molecule is O=S(=O)(F)c1cnn(CC2CC2)c1. The maximum absolute atomic E-state index is 12.4. The Morgan fingerprint density at radius 1 is 1.62 bits per heavy atom. The fraction of sp³-hybridized carbons (Fsp3) is 0.571. The van der Waals surface area contributed by atoms with Crippen molar-refractivity contribution in [3.05, 3.63) is 12.4 Å². The molecule has 0 amide bonds. The summed E-state index contributed by atoms with van der Waals surface area (Å²) in [5.74, 6) is 0.593. The van der Waals surface area contributed by atoms with Crippen LogP contribution in [-0.2, 0) is 16.8 Å². The van der Waals surface area contributed by atoms with E-state index in [-0.39, 0.29) is 4.90 Å². The minimum absolute atomic E-state index is 0.354. The van der Waals surface area contributed by atoms with E-state index in [2.05, 4.69) is 5.10 Å². The Hall–Kier alpha value is -0.910. The Balaban J connectivity index is 2.17. The van der Waals surface area contributed by atoms with E-state index in [1.54, 1.807) is 0 Å². The van der Waals surface area contributed by atoms with Crippen molar-refractivity contribution in [3.63, 3.8) is 0 Å². The van der Waals surface area contributed by atoms with Crippen LogP contribution in [0.15, 0.2) is 17.3 Å². The van der Waals surface area contributed by atoms with E-state index in [1.807, 2.05) is 0 Å². The van der Waals surface area contributed by atoms with Crippen LogP contribution in [0, 0.1) is 5.92 Å². The average Bonchev–Trinajstić information content (AvgIpc) is 2.63. The normalized spacial score (nSPS) is 17.6. The van der Waals surface area contributed by atoms with Gasteiger partial charge in [-0.25, -0.2) is 0 Å². The Bertz CT molecular complexity index is 408. The van der Waals surface area contributed by atoms with E-state index in [1.165, 1.54) is 10.9 Å². The topological polar surface area (TPSA) is 52.0 Å². The minimum atomic E-state index is -4.58. The molecule has 1 aromatic heterocycles. The molecule has 0 unspecified atom stereocenters. The highest BCUT2D eigenvalue weighted by molar-refractivity contribution is 7.86. The fourth-order valence-corrected chi connectivity index (χ4v) is 1.56. The molecule has 1 aliphatic rings. The average molecular weight is 204 g/mol. The molecule has 0 spiro atoms. The number of halogens is 1. The van der Waals surface area contributed by atoms with Gasteiger partial charge in [0.25, 0.3) is 0 Å². The third kappa shape index (κ3) is 2.06. The van der Waals surface area contributed by atoms with Gasteiger partial charge in [0, 0.05) is 12.7 Å². The van der Waals surface area contributed by atoms with Crippen molar-refractivity contribution in [1.29, 1.82) is 0 Å². The van der Waals surface area contributed by atoms with Gasteiger partial charge in [0.15, 0.2) is 0 Å². The van der Waals surface area contributed by atoms with Gasteiger partial charge >= 0.3 is 10.2 Å². The molecule has 0 saturated heterocycles. The largest absolute Gasteiger partial charge is 0.335 e. The first kappa shape index (κ1) is 8.68. The number of nitrogens with zero attached hydrogens (tertiary/aromatic N) is 2. The highest BCUT2D eigenvalue weighted by Crippen LogP contribution is 2.30. The zero-order valence-electron chi connectivity index (χ0n) is 6.85. The molecule has 6 heteroatoms. The first-order valence-electron chi connectivity index (χ1n) is 4.03. The van der Waals surface area contributed by atoms with Crippen molar-refractivity contribution in [2.45, 2.75) is 24.3 Å². The molecule has 1 aromatic rings. The molecule has 1 fully saturated rings. The second-order valence-electron chi connectivity index (χ2n) is 3.28. The maximum Gasteiger partial charge on any atom is 0.335 e. The first-order valence-corrected chi connectivity index (χ1v) is 5.41. The highest BCUT2D eigenvalue weighted by Gasteiger charge is 2.23. The van der Waals surface area contributed by atoms with Gasteiger partial charge in [-0.2, -0.15) is 13.5 Å². The van der Waals surface area contributed by atoms with Gasteiger partial charge in [0.05, 0.1) is 6.20 Å². The molecule has 0 N–H and O–H groups in total.